The number of allylic oxidation sites excluding steroid dienone is 3. The van der Waals surface area contributed by atoms with Crippen LogP contribution >= 0.6 is 11.6 Å². The van der Waals surface area contributed by atoms with E-state index in [9.17, 15) is 39.0 Å². The van der Waals surface area contributed by atoms with Gasteiger partial charge < -0.3 is 49.0 Å². The van der Waals surface area contributed by atoms with Gasteiger partial charge in [0.15, 0.2) is 5.72 Å². The van der Waals surface area contributed by atoms with Crippen molar-refractivity contribution in [3.05, 3.63) is 88.5 Å². The molecule has 368 valence electrons. The molecule has 9 atom stereocenters. The summed E-state index contributed by atoms with van der Waals surface area (Å²) in [7, 11) is 6.02. The Balaban J connectivity index is 1.17. The molecule has 0 radical (unpaired) electrons. The van der Waals surface area contributed by atoms with Crippen LogP contribution in [0.25, 0.3) is 0 Å². The van der Waals surface area contributed by atoms with Crippen LogP contribution in [0.4, 0.5) is 16.2 Å². The number of halogens is 1. The number of alkyl carbamates (subject to hydrolysis) is 1. The Morgan fingerprint density at radius 3 is 2.43 bits per heavy atom. The van der Waals surface area contributed by atoms with E-state index in [0.717, 1.165) is 11.1 Å². The average molecular weight is 965 g/mol. The lowest BCUT2D eigenvalue weighted by Gasteiger charge is -2.42. The van der Waals surface area contributed by atoms with E-state index in [4.69, 9.17) is 35.3 Å². The van der Waals surface area contributed by atoms with Gasteiger partial charge in [0, 0.05) is 76.3 Å². The van der Waals surface area contributed by atoms with Crippen molar-refractivity contribution in [1.29, 1.82) is 0 Å². The van der Waals surface area contributed by atoms with Crippen molar-refractivity contribution in [2.45, 2.75) is 121 Å². The molecule has 2 aromatic carbocycles. The maximum atomic E-state index is 14.1. The van der Waals surface area contributed by atoms with Crippen LogP contribution in [0.3, 0.4) is 0 Å². The molecule has 6 rings (SSSR count). The summed E-state index contributed by atoms with van der Waals surface area (Å²) >= 11 is 6.85. The minimum Gasteiger partial charge on any atom is -0.495 e. The lowest BCUT2D eigenvalue weighted by Crippen LogP contribution is -2.63. The fourth-order valence-corrected chi connectivity index (χ4v) is 9.14. The third kappa shape index (κ3) is 11.7. The Morgan fingerprint density at radius 2 is 1.76 bits per heavy atom. The molecule has 1 unspecified atom stereocenters. The lowest BCUT2D eigenvalue weighted by molar-refractivity contribution is -0.158. The normalized spacial score (nSPS) is 28.9. The van der Waals surface area contributed by atoms with Gasteiger partial charge in [0.05, 0.1) is 18.9 Å². The Bertz CT molecular complexity index is 2320. The number of epoxide rings is 1. The molecule has 2 saturated heterocycles. The zero-order valence-electron chi connectivity index (χ0n) is 39.7. The van der Waals surface area contributed by atoms with Gasteiger partial charge in [0.2, 0.25) is 5.91 Å². The topological polar surface area (TPSA) is 226 Å². The number of hydrogen-bond donors (Lipinski definition) is 4. The first kappa shape index (κ1) is 51.6. The molecule has 4 aliphatic rings. The number of carbonyl (C=O) groups excluding carboxylic acids is 6. The van der Waals surface area contributed by atoms with Gasteiger partial charge in [-0.15, -0.1) is 0 Å². The van der Waals surface area contributed by atoms with Gasteiger partial charge in [-0.25, -0.2) is 9.59 Å². The summed E-state index contributed by atoms with van der Waals surface area (Å²) in [5.41, 5.74) is -0.216. The number of carbonyl (C=O) groups is 6. The van der Waals surface area contributed by atoms with Crippen LogP contribution in [0.2, 0.25) is 5.02 Å². The van der Waals surface area contributed by atoms with E-state index in [1.165, 1.54) is 62.3 Å². The Morgan fingerprint density at radius 1 is 1.07 bits per heavy atom. The molecular formula is C49H62ClN5O13. The van der Waals surface area contributed by atoms with E-state index in [0.29, 0.717) is 49.4 Å². The Kier molecular flexibility index (Phi) is 16.4. The quantitative estimate of drug-likeness (QED) is 0.0893. The number of methoxy groups -OCH3 is 2. The summed E-state index contributed by atoms with van der Waals surface area (Å²) in [6.45, 7) is 7.25. The third-order valence-corrected chi connectivity index (χ3v) is 13.6. The van der Waals surface area contributed by atoms with Crippen molar-refractivity contribution in [2.24, 2.45) is 5.92 Å². The summed E-state index contributed by atoms with van der Waals surface area (Å²) in [6.07, 6.45) is 4.05. The van der Waals surface area contributed by atoms with E-state index in [1.807, 2.05) is 19.1 Å². The number of benzene rings is 2. The predicted octanol–water partition coefficient (Wildman–Crippen LogP) is 5.04. The van der Waals surface area contributed by atoms with Gasteiger partial charge in [0.25, 0.3) is 17.7 Å². The molecule has 2 fully saturated rings. The van der Waals surface area contributed by atoms with Crippen LogP contribution in [0.5, 0.6) is 5.75 Å². The monoisotopic (exact) mass is 963 g/mol. The summed E-state index contributed by atoms with van der Waals surface area (Å²) in [4.78, 5) is 80.9. The number of anilines is 2. The number of imide groups is 1. The molecule has 5 amide bonds. The summed E-state index contributed by atoms with van der Waals surface area (Å²) in [5.74, 6) is -2.39. The van der Waals surface area contributed by atoms with Crippen LogP contribution < -0.4 is 20.3 Å². The summed E-state index contributed by atoms with van der Waals surface area (Å²) < 4.78 is 29.6. The summed E-state index contributed by atoms with van der Waals surface area (Å²) in [6, 6.07) is 8.72. The van der Waals surface area contributed by atoms with E-state index in [1.54, 1.807) is 56.1 Å². The number of nitrogens with one attached hydrogen (secondary N) is 2. The van der Waals surface area contributed by atoms with Crippen LogP contribution in [-0.2, 0) is 44.5 Å². The molecule has 4 aliphatic heterocycles. The number of likely N-dealkylation sites (N-methyl/N-ethyl adjacent to an activating group) is 1. The molecule has 0 aliphatic carbocycles. The van der Waals surface area contributed by atoms with Crippen molar-refractivity contribution in [1.82, 2.24) is 15.1 Å². The van der Waals surface area contributed by atoms with Gasteiger partial charge in [-0.3, -0.25) is 29.4 Å². The SMILES string of the molecule is COc1cc2cc(c1Cl)N(C)C(O)C[C@H](OC(=O)[C@H](C)N(C)C(=O)c1ccc(NC(=O)CCCCCN3C(=O)C=CC3=O)cc1)[C@]1(C)O[C@H]1[C@H](C)[C@@H]1C[C@@](O)(NC(=O)O1)[C@H](OC)/C=C/C=C(\C)C2. The number of rotatable bonds is 13. The molecule has 4 bridgehead atoms. The molecule has 0 saturated carbocycles. The molecular weight excluding hydrogens is 902 g/mol. The van der Waals surface area contributed by atoms with Gasteiger partial charge >= 0.3 is 12.1 Å². The van der Waals surface area contributed by atoms with Crippen LogP contribution in [0.1, 0.15) is 82.1 Å². The van der Waals surface area contributed by atoms with Crippen molar-refractivity contribution in [3.63, 3.8) is 0 Å². The van der Waals surface area contributed by atoms with Crippen LogP contribution in [0, 0.1) is 5.92 Å². The standard InChI is InChI=1S/C49H62ClN5O13/c1-28-13-12-14-37(65-8)49(63)27-36(66-47(62)52-49)29(2)44-48(4,68-44)38(26-42(59)54(6)34-24-31(23-28)25-35(64-7)43(34)50)67-46(61)30(3)53(5)45(60)32-16-18-33(19-17-32)51-39(56)15-10-9-11-22-55-40(57)20-21-41(55)58/h12-14,16-21,24-25,29-30,36-38,42,44,59,63H,9-11,15,22-23,26-27H2,1-8H3,(H,51,56)(H,52,62)/b14-12+,28-13+/t29-,30+,36+,37-,38+,42?,44+,48+,49+/m1/s1. The smallest absolute Gasteiger partial charge is 0.409 e. The highest BCUT2D eigenvalue weighted by atomic mass is 35.5. The number of aliphatic hydroxyl groups is 2. The van der Waals surface area contributed by atoms with Gasteiger partial charge in [0.1, 0.15) is 47.0 Å². The Labute approximate surface area is 401 Å². The number of unbranched alkanes of at least 4 members (excludes halogenated alkanes) is 2. The zero-order valence-corrected chi connectivity index (χ0v) is 40.4. The first-order valence-electron chi connectivity index (χ1n) is 22.6. The lowest BCUT2D eigenvalue weighted by atomic mass is 9.83. The Hall–Kier alpha value is -5.79. The van der Waals surface area contributed by atoms with Crippen LogP contribution in [-0.4, -0.2) is 139 Å². The highest BCUT2D eigenvalue weighted by Gasteiger charge is 2.64. The van der Waals surface area contributed by atoms with Crippen LogP contribution in [0.15, 0.2) is 72.4 Å². The maximum Gasteiger partial charge on any atom is 0.409 e. The molecule has 4 N–H and O–H groups in total. The highest BCUT2D eigenvalue weighted by Crippen LogP contribution is 2.49. The molecule has 2 aromatic rings. The number of aliphatic hydroxyl groups excluding tert-OH is 1. The number of hydrogen-bond acceptors (Lipinski definition) is 14. The molecule has 18 nitrogen and oxygen atoms in total. The van der Waals surface area contributed by atoms with Crippen molar-refractivity contribution >= 4 is 58.7 Å². The van der Waals surface area contributed by atoms with E-state index < -0.39 is 71.9 Å². The minimum atomic E-state index is -1.86. The number of fused-ring (bicyclic) bond motifs is 5. The number of amides is 5. The maximum absolute atomic E-state index is 14.1. The molecule has 0 spiro atoms. The second-order valence-corrected chi connectivity index (χ2v) is 18.5. The fourth-order valence-electron chi connectivity index (χ4n) is 8.82. The first-order chi connectivity index (χ1) is 32.2. The number of ether oxygens (including phenoxy) is 5. The minimum absolute atomic E-state index is 0.0776. The van der Waals surface area contributed by atoms with Crippen molar-refractivity contribution < 1.29 is 62.7 Å². The molecule has 4 heterocycles. The molecule has 19 heteroatoms. The fraction of sp³-hybridized carbons (Fsp3) is 0.510. The van der Waals surface area contributed by atoms with E-state index in [2.05, 4.69) is 10.6 Å². The van der Waals surface area contributed by atoms with Crippen molar-refractivity contribution in [2.75, 3.05) is 45.1 Å². The van der Waals surface area contributed by atoms with Gasteiger partial charge in [-0.2, -0.15) is 0 Å². The second-order valence-electron chi connectivity index (χ2n) is 18.1. The molecule has 0 aromatic heterocycles. The number of esters is 1. The van der Waals surface area contributed by atoms with Gasteiger partial charge in [-0.05, 0) is 82.0 Å². The highest BCUT2D eigenvalue weighted by molar-refractivity contribution is 6.34. The molecule has 68 heavy (non-hydrogen) atoms. The zero-order chi connectivity index (χ0) is 49.7. The summed E-state index contributed by atoms with van der Waals surface area (Å²) in [5, 5.41) is 29.3. The second kappa shape index (κ2) is 21.7. The largest absolute Gasteiger partial charge is 0.495 e. The van der Waals surface area contributed by atoms with Gasteiger partial charge in [-0.1, -0.05) is 48.7 Å². The van der Waals surface area contributed by atoms with E-state index in [-0.39, 0.29) is 47.6 Å². The number of nitrogens with zero attached hydrogens (tertiary/aromatic N) is 3. The van der Waals surface area contributed by atoms with E-state index >= 15 is 0 Å². The third-order valence-electron chi connectivity index (χ3n) is 13.2. The predicted molar refractivity (Wildman–Crippen MR) is 251 cm³/mol. The first-order valence-corrected chi connectivity index (χ1v) is 23.0. The average Bonchev–Trinajstić information content (AvgIpc) is 3.90. The van der Waals surface area contributed by atoms with Crippen molar-refractivity contribution in [3.8, 4) is 5.75 Å².